The van der Waals surface area contributed by atoms with Gasteiger partial charge in [0.15, 0.2) is 0 Å². The van der Waals surface area contributed by atoms with Gasteiger partial charge in [-0.3, -0.25) is 13.7 Å². The van der Waals surface area contributed by atoms with E-state index in [1.807, 2.05) is 0 Å². The van der Waals surface area contributed by atoms with E-state index in [1.165, 1.54) is 0 Å². The Labute approximate surface area is 214 Å². The van der Waals surface area contributed by atoms with E-state index >= 15 is 0 Å². The average Bonchev–Trinajstić information content (AvgIpc) is 2.74. The van der Waals surface area contributed by atoms with E-state index < -0.39 is 59.1 Å². The number of rotatable bonds is 18. The van der Waals surface area contributed by atoms with Gasteiger partial charge in [0.25, 0.3) is 30.4 Å². The Bertz CT molecular complexity index is 1190. The molecule has 0 saturated carbocycles. The Morgan fingerprint density at radius 2 is 0.919 bits per heavy atom. The third-order valence-corrected chi connectivity index (χ3v) is 6.97. The molecule has 0 spiro atoms. The van der Waals surface area contributed by atoms with Gasteiger partial charge in [0.2, 0.25) is 0 Å². The van der Waals surface area contributed by atoms with Crippen molar-refractivity contribution in [3.8, 4) is 17.2 Å². The van der Waals surface area contributed by atoms with E-state index in [0.29, 0.717) is 0 Å². The van der Waals surface area contributed by atoms with Gasteiger partial charge in [-0.25, -0.2) is 4.79 Å². The molecule has 1 aromatic carbocycles. The van der Waals surface area contributed by atoms with Crippen molar-refractivity contribution in [1.82, 2.24) is 0 Å². The van der Waals surface area contributed by atoms with Gasteiger partial charge in [0.1, 0.15) is 22.8 Å². The molecule has 0 aliphatic heterocycles. The number of aromatic carboxylic acids is 1. The van der Waals surface area contributed by atoms with Crippen LogP contribution in [0.15, 0.2) is 0 Å². The molecule has 0 heterocycles. The van der Waals surface area contributed by atoms with Gasteiger partial charge >= 0.3 is 5.97 Å². The Kier molecular flexibility index (Phi) is 12.4. The molecule has 0 saturated heterocycles. The lowest BCUT2D eigenvalue weighted by Crippen LogP contribution is -2.19. The van der Waals surface area contributed by atoms with Crippen LogP contribution in [0.5, 0.6) is 17.2 Å². The highest BCUT2D eigenvalue weighted by atomic mass is 32.2. The van der Waals surface area contributed by atoms with Crippen LogP contribution >= 0.6 is 0 Å². The maximum atomic E-state index is 12.2. The van der Waals surface area contributed by atoms with E-state index in [1.54, 1.807) is 0 Å². The first-order valence-electron chi connectivity index (χ1n) is 10.6. The summed E-state index contributed by atoms with van der Waals surface area (Å²) in [5, 5.41) is 9.90. The fourth-order valence-electron chi connectivity index (χ4n) is 3.10. The summed E-state index contributed by atoms with van der Waals surface area (Å²) < 4.78 is 109. The van der Waals surface area contributed by atoms with Crippen LogP contribution in [0.4, 0.5) is 0 Å². The lowest BCUT2D eigenvalue weighted by Gasteiger charge is -2.24. The van der Waals surface area contributed by atoms with E-state index in [9.17, 15) is 35.2 Å². The second kappa shape index (κ2) is 14.0. The Balaban J connectivity index is 3.54. The van der Waals surface area contributed by atoms with Gasteiger partial charge < -0.3 is 30.8 Å². The van der Waals surface area contributed by atoms with Crippen LogP contribution in [0.1, 0.15) is 40.7 Å². The summed E-state index contributed by atoms with van der Waals surface area (Å²) in [6.45, 7) is -1.83. The van der Waals surface area contributed by atoms with Crippen molar-refractivity contribution in [1.29, 1.82) is 0 Å². The highest BCUT2D eigenvalue weighted by molar-refractivity contribution is 7.86. The molecular formula is C18H30N2O14S3. The van der Waals surface area contributed by atoms with Gasteiger partial charge in [0.05, 0.1) is 48.2 Å². The van der Waals surface area contributed by atoms with E-state index in [0.717, 1.165) is 0 Å². The predicted molar refractivity (Wildman–Crippen MR) is 129 cm³/mol. The number of hydrogen-bond donors (Lipinski definition) is 6. The third-order valence-electron chi connectivity index (χ3n) is 4.55. The van der Waals surface area contributed by atoms with Gasteiger partial charge in [-0.1, -0.05) is 0 Å². The van der Waals surface area contributed by atoms with Crippen LogP contribution in [0.2, 0.25) is 0 Å². The van der Waals surface area contributed by atoms with Gasteiger partial charge in [-0.05, 0) is 19.3 Å². The van der Waals surface area contributed by atoms with Crippen molar-refractivity contribution in [2.75, 3.05) is 37.1 Å². The summed E-state index contributed by atoms with van der Waals surface area (Å²) in [7, 11) is -12.9. The van der Waals surface area contributed by atoms with E-state index in [4.69, 9.17) is 39.3 Å². The lowest BCUT2D eigenvalue weighted by atomic mass is 9.99. The molecule has 0 bridgehead atoms. The number of benzene rings is 1. The second-order valence-corrected chi connectivity index (χ2v) is 12.2. The molecule has 0 radical (unpaired) electrons. The number of hydrogen-bond acceptors (Lipinski definition) is 12. The third kappa shape index (κ3) is 11.8. The topological polar surface area (TPSA) is 280 Å². The minimum absolute atomic E-state index is 0.0261. The zero-order chi connectivity index (χ0) is 28.4. The SMILES string of the molecule is NCc1c(OCCCS(=O)(=O)O)c(CN)c(OCCCS(=O)(=O)O)c(C(=O)O)c1OCCCS(=O)(=O)O. The summed E-state index contributed by atoms with van der Waals surface area (Å²) in [6.07, 6.45) is -0.659. The Morgan fingerprint density at radius 1 is 0.622 bits per heavy atom. The molecule has 214 valence electrons. The summed E-state index contributed by atoms with van der Waals surface area (Å²) in [5.74, 6) is -4.46. The van der Waals surface area contributed by atoms with Gasteiger partial charge in [-0.15, -0.1) is 0 Å². The Morgan fingerprint density at radius 3 is 1.16 bits per heavy atom. The van der Waals surface area contributed by atoms with Crippen LogP contribution in [0.25, 0.3) is 0 Å². The molecule has 8 N–H and O–H groups in total. The zero-order valence-corrected chi connectivity index (χ0v) is 22.0. The first-order chi connectivity index (χ1) is 17.0. The first-order valence-corrected chi connectivity index (χ1v) is 15.4. The van der Waals surface area contributed by atoms with Crippen molar-refractivity contribution in [3.63, 3.8) is 0 Å². The maximum Gasteiger partial charge on any atom is 0.343 e. The molecular weight excluding hydrogens is 564 g/mol. The van der Waals surface area contributed by atoms with E-state index in [2.05, 4.69) is 0 Å². The van der Waals surface area contributed by atoms with Crippen molar-refractivity contribution < 1.29 is 63.0 Å². The number of carboxylic acid groups (broad SMARTS) is 1. The number of nitrogens with two attached hydrogens (primary N) is 2. The summed E-state index contributed by atoms with van der Waals surface area (Å²) >= 11 is 0. The summed E-state index contributed by atoms with van der Waals surface area (Å²) in [5.41, 5.74) is 11.0. The van der Waals surface area contributed by atoms with Crippen LogP contribution in [-0.2, 0) is 43.4 Å². The second-order valence-electron chi connectivity index (χ2n) is 7.50. The minimum Gasteiger partial charge on any atom is -0.493 e. The van der Waals surface area contributed by atoms with E-state index in [-0.39, 0.29) is 80.5 Å². The highest BCUT2D eigenvalue weighted by Crippen LogP contribution is 2.44. The maximum absolute atomic E-state index is 12.2. The largest absolute Gasteiger partial charge is 0.493 e. The fraction of sp³-hybridized carbons (Fsp3) is 0.611. The van der Waals surface area contributed by atoms with Crippen LogP contribution in [0, 0.1) is 0 Å². The zero-order valence-electron chi connectivity index (χ0n) is 19.5. The number of carboxylic acids is 1. The molecule has 0 aliphatic carbocycles. The normalized spacial score (nSPS) is 12.4. The molecule has 19 heteroatoms. The van der Waals surface area contributed by atoms with Crippen LogP contribution in [-0.4, -0.2) is 87.1 Å². The van der Waals surface area contributed by atoms with Crippen molar-refractivity contribution in [2.24, 2.45) is 11.5 Å². The molecule has 0 atom stereocenters. The fourth-order valence-corrected chi connectivity index (χ4v) is 4.55. The predicted octanol–water partition coefficient (Wildman–Crippen LogP) is -0.728. The minimum atomic E-state index is -4.33. The molecule has 37 heavy (non-hydrogen) atoms. The molecule has 0 unspecified atom stereocenters. The molecule has 0 fully saturated rings. The summed E-state index contributed by atoms with van der Waals surface area (Å²) in [4.78, 5) is 12.2. The van der Waals surface area contributed by atoms with Gasteiger partial charge in [-0.2, -0.15) is 25.3 Å². The van der Waals surface area contributed by atoms with Gasteiger partial charge in [0, 0.05) is 13.1 Å². The highest BCUT2D eigenvalue weighted by Gasteiger charge is 2.30. The smallest absolute Gasteiger partial charge is 0.343 e. The lowest BCUT2D eigenvalue weighted by molar-refractivity contribution is 0.0686. The number of ether oxygens (including phenoxy) is 3. The summed E-state index contributed by atoms with van der Waals surface area (Å²) in [6, 6.07) is 0. The number of carbonyl (C=O) groups is 1. The molecule has 0 aromatic heterocycles. The molecule has 1 aromatic rings. The monoisotopic (exact) mass is 594 g/mol. The molecule has 16 nitrogen and oxygen atoms in total. The van der Waals surface area contributed by atoms with Crippen LogP contribution < -0.4 is 25.7 Å². The Hall–Kier alpha value is -2.26. The van der Waals surface area contributed by atoms with Crippen LogP contribution in [0.3, 0.4) is 0 Å². The molecule has 1 rings (SSSR count). The van der Waals surface area contributed by atoms with Crippen molar-refractivity contribution in [3.05, 3.63) is 16.7 Å². The van der Waals surface area contributed by atoms with Crippen molar-refractivity contribution >= 4 is 36.3 Å². The average molecular weight is 595 g/mol. The first kappa shape index (κ1) is 32.8. The van der Waals surface area contributed by atoms with Crippen molar-refractivity contribution in [2.45, 2.75) is 32.4 Å². The standard InChI is InChI=1S/C18H30N2O14S3/c19-10-12-15(32-4-1-7-35(23,24)25)13(11-20)17(34-6-3-9-37(29,30)31)14(18(21)22)16(12)33-5-2-8-36(26,27)28/h1-11,19-20H2,(H,21,22)(H,23,24,25)(H,26,27,28)(H,29,30,31). The quantitative estimate of drug-likeness (QED) is 0.0902. The molecule has 0 aliphatic rings. The molecule has 0 amide bonds.